The number of rotatable bonds is 4. The minimum atomic E-state index is -4.41. The van der Waals surface area contributed by atoms with Crippen molar-refractivity contribution >= 4 is 23.1 Å². The van der Waals surface area contributed by atoms with Gasteiger partial charge in [0.25, 0.3) is 5.91 Å². The number of benzene rings is 1. The number of nitrogens with two attached hydrogens (primary N) is 1. The normalized spacial score (nSPS) is 12.8. The van der Waals surface area contributed by atoms with Crippen LogP contribution in [0.25, 0.3) is 0 Å². The molecule has 0 heterocycles. The third kappa shape index (κ3) is 4.86. The topological polar surface area (TPSA) is 55.1 Å². The third-order valence-electron chi connectivity index (χ3n) is 2.36. The van der Waals surface area contributed by atoms with E-state index in [1.165, 1.54) is 0 Å². The number of hydrogen-bond donors (Lipinski definition) is 2. The van der Waals surface area contributed by atoms with Crippen molar-refractivity contribution in [1.29, 1.82) is 0 Å². The molecule has 104 valence electrons. The zero-order chi connectivity index (χ0) is 14.6. The van der Waals surface area contributed by atoms with E-state index in [-0.39, 0.29) is 16.6 Å². The first-order valence-electron chi connectivity index (χ1n) is 5.46. The molecule has 1 rings (SSSR count). The fourth-order valence-electron chi connectivity index (χ4n) is 1.47. The quantitative estimate of drug-likeness (QED) is 0.838. The molecule has 1 aromatic rings. The van der Waals surface area contributed by atoms with E-state index < -0.39 is 17.6 Å². The van der Waals surface area contributed by atoms with Gasteiger partial charge in [0.15, 0.2) is 0 Å². The molecule has 0 fully saturated rings. The van der Waals surface area contributed by atoms with Crippen molar-refractivity contribution in [2.45, 2.75) is 25.6 Å². The van der Waals surface area contributed by atoms with Crippen LogP contribution in [-0.2, 0) is 6.18 Å². The first kappa shape index (κ1) is 15.4. The molecule has 1 amide bonds. The summed E-state index contributed by atoms with van der Waals surface area (Å²) in [5.74, 6) is -0.461. The highest BCUT2D eigenvalue weighted by Crippen LogP contribution is 2.29. The van der Waals surface area contributed by atoms with Crippen LogP contribution in [0.1, 0.15) is 29.3 Å². The lowest BCUT2D eigenvalue weighted by atomic mass is 10.1. The number of alkyl halides is 3. The molecule has 0 spiro atoms. The Balaban J connectivity index is 2.71. The van der Waals surface area contributed by atoms with Crippen LogP contribution in [0, 0.1) is 0 Å². The van der Waals surface area contributed by atoms with Crippen LogP contribution >= 0.6 is 12.2 Å². The van der Waals surface area contributed by atoms with E-state index in [1.54, 1.807) is 6.92 Å². The second-order valence-electron chi connectivity index (χ2n) is 4.12. The maximum Gasteiger partial charge on any atom is 0.416 e. The van der Waals surface area contributed by atoms with Crippen molar-refractivity contribution in [1.82, 2.24) is 5.32 Å². The maximum atomic E-state index is 12.3. The van der Waals surface area contributed by atoms with Gasteiger partial charge in [-0.1, -0.05) is 12.2 Å². The molecule has 1 unspecified atom stereocenters. The molecular weight excluding hydrogens is 277 g/mol. The Kier molecular flexibility index (Phi) is 4.88. The van der Waals surface area contributed by atoms with E-state index in [4.69, 9.17) is 18.0 Å². The summed E-state index contributed by atoms with van der Waals surface area (Å²) in [5, 5.41) is 2.60. The Morgan fingerprint density at radius 2 is 1.89 bits per heavy atom. The Labute approximate surface area is 114 Å². The smallest absolute Gasteiger partial charge is 0.393 e. The molecule has 0 aromatic heterocycles. The lowest BCUT2D eigenvalue weighted by Gasteiger charge is -2.13. The van der Waals surface area contributed by atoms with Gasteiger partial charge < -0.3 is 11.1 Å². The van der Waals surface area contributed by atoms with Gasteiger partial charge in [0.1, 0.15) is 0 Å². The molecule has 0 saturated carbocycles. The van der Waals surface area contributed by atoms with Gasteiger partial charge in [0.05, 0.1) is 10.6 Å². The Bertz CT molecular complexity index is 471. The molecule has 3 N–H and O–H groups in total. The van der Waals surface area contributed by atoms with Crippen molar-refractivity contribution < 1.29 is 18.0 Å². The van der Waals surface area contributed by atoms with Gasteiger partial charge in [-0.2, -0.15) is 13.2 Å². The average molecular weight is 290 g/mol. The fraction of sp³-hybridized carbons (Fsp3) is 0.333. The summed E-state index contributed by atoms with van der Waals surface area (Å²) in [4.78, 5) is 12.0. The van der Waals surface area contributed by atoms with Crippen LogP contribution < -0.4 is 11.1 Å². The average Bonchev–Trinajstić information content (AvgIpc) is 2.26. The standard InChI is InChI=1S/C12H13F3N2OS/c1-7(6-10(16)19)17-11(18)8-2-4-9(5-3-8)12(13,14)15/h2-5,7H,6H2,1H3,(H2,16,19)(H,17,18). The zero-order valence-electron chi connectivity index (χ0n) is 10.1. The largest absolute Gasteiger partial charge is 0.416 e. The highest BCUT2D eigenvalue weighted by Gasteiger charge is 2.30. The van der Waals surface area contributed by atoms with Crippen molar-refractivity contribution in [3.63, 3.8) is 0 Å². The monoisotopic (exact) mass is 290 g/mol. The van der Waals surface area contributed by atoms with Crippen LogP contribution in [-0.4, -0.2) is 16.9 Å². The van der Waals surface area contributed by atoms with Crippen molar-refractivity contribution in [2.75, 3.05) is 0 Å². The van der Waals surface area contributed by atoms with Gasteiger partial charge in [0, 0.05) is 18.0 Å². The van der Waals surface area contributed by atoms with E-state index >= 15 is 0 Å². The lowest BCUT2D eigenvalue weighted by Crippen LogP contribution is -2.35. The van der Waals surface area contributed by atoms with E-state index in [2.05, 4.69) is 5.32 Å². The summed E-state index contributed by atoms with van der Waals surface area (Å²) in [6, 6.07) is 3.73. The number of halogens is 3. The number of thiocarbonyl (C=S) groups is 1. The van der Waals surface area contributed by atoms with E-state index in [9.17, 15) is 18.0 Å². The molecule has 19 heavy (non-hydrogen) atoms. The maximum absolute atomic E-state index is 12.3. The number of nitrogens with one attached hydrogen (secondary N) is 1. The van der Waals surface area contributed by atoms with E-state index in [1.807, 2.05) is 0 Å². The first-order valence-corrected chi connectivity index (χ1v) is 5.87. The van der Waals surface area contributed by atoms with Gasteiger partial charge in [-0.3, -0.25) is 4.79 Å². The number of hydrogen-bond acceptors (Lipinski definition) is 2. The predicted molar refractivity (Wildman–Crippen MR) is 69.8 cm³/mol. The predicted octanol–water partition coefficient (Wildman–Crippen LogP) is 2.50. The summed E-state index contributed by atoms with van der Waals surface area (Å²) < 4.78 is 37.0. The molecule has 7 heteroatoms. The SMILES string of the molecule is CC(CC(N)=S)NC(=O)c1ccc(C(F)(F)F)cc1. The van der Waals surface area contributed by atoms with Crippen LogP contribution in [0.3, 0.4) is 0 Å². The second kappa shape index (κ2) is 6.01. The van der Waals surface area contributed by atoms with Crippen LogP contribution in [0.5, 0.6) is 0 Å². The van der Waals surface area contributed by atoms with Gasteiger partial charge in [-0.25, -0.2) is 0 Å². The van der Waals surface area contributed by atoms with Gasteiger partial charge in [-0.05, 0) is 31.2 Å². The van der Waals surface area contributed by atoms with Gasteiger partial charge in [-0.15, -0.1) is 0 Å². The van der Waals surface area contributed by atoms with Gasteiger partial charge >= 0.3 is 6.18 Å². The van der Waals surface area contributed by atoms with Crippen LogP contribution in [0.15, 0.2) is 24.3 Å². The molecular formula is C12H13F3N2OS. The Hall–Kier alpha value is -1.63. The van der Waals surface area contributed by atoms with Crippen molar-refractivity contribution in [2.24, 2.45) is 5.73 Å². The van der Waals surface area contributed by atoms with E-state index in [0.717, 1.165) is 24.3 Å². The summed E-state index contributed by atoms with van der Waals surface area (Å²) in [5.41, 5.74) is 4.69. The summed E-state index contributed by atoms with van der Waals surface area (Å²) in [7, 11) is 0. The van der Waals surface area contributed by atoms with Crippen molar-refractivity contribution in [3.8, 4) is 0 Å². The summed E-state index contributed by atoms with van der Waals surface area (Å²) in [6.45, 7) is 1.71. The van der Waals surface area contributed by atoms with Crippen LogP contribution in [0.2, 0.25) is 0 Å². The minimum Gasteiger partial charge on any atom is -0.393 e. The number of carbonyl (C=O) groups is 1. The van der Waals surface area contributed by atoms with Crippen molar-refractivity contribution in [3.05, 3.63) is 35.4 Å². The lowest BCUT2D eigenvalue weighted by molar-refractivity contribution is -0.137. The first-order chi connectivity index (χ1) is 8.70. The Morgan fingerprint density at radius 3 is 2.32 bits per heavy atom. The number of carbonyl (C=O) groups excluding carboxylic acids is 1. The molecule has 0 aliphatic carbocycles. The molecule has 1 atom stereocenters. The highest BCUT2D eigenvalue weighted by atomic mass is 32.1. The minimum absolute atomic E-state index is 0.155. The molecule has 3 nitrogen and oxygen atoms in total. The van der Waals surface area contributed by atoms with E-state index in [0.29, 0.717) is 6.42 Å². The summed E-state index contributed by atoms with van der Waals surface area (Å²) >= 11 is 4.70. The summed E-state index contributed by atoms with van der Waals surface area (Å²) in [6.07, 6.45) is -4.07. The van der Waals surface area contributed by atoms with Crippen LogP contribution in [0.4, 0.5) is 13.2 Å². The third-order valence-corrected chi connectivity index (χ3v) is 2.53. The molecule has 0 aliphatic heterocycles. The molecule has 1 aromatic carbocycles. The molecule has 0 radical (unpaired) electrons. The number of amides is 1. The molecule has 0 aliphatic rings. The Morgan fingerprint density at radius 1 is 1.37 bits per heavy atom. The van der Waals surface area contributed by atoms with Gasteiger partial charge in [0.2, 0.25) is 0 Å². The molecule has 0 saturated heterocycles. The molecule has 0 bridgehead atoms. The zero-order valence-corrected chi connectivity index (χ0v) is 10.9. The second-order valence-corrected chi connectivity index (χ2v) is 4.64. The fourth-order valence-corrected chi connectivity index (χ4v) is 1.72. The highest BCUT2D eigenvalue weighted by molar-refractivity contribution is 7.80.